The van der Waals surface area contributed by atoms with Gasteiger partial charge in [0.15, 0.2) is 0 Å². The highest BCUT2D eigenvalue weighted by molar-refractivity contribution is 6.29. The Hall–Kier alpha value is -2.15. The number of aromatic amines is 1. The van der Waals surface area contributed by atoms with Crippen LogP contribution >= 0.6 is 11.6 Å². The topological polar surface area (TPSA) is 92.1 Å². The molecule has 1 N–H and O–H groups in total. The van der Waals surface area contributed by atoms with Crippen LogP contribution in [0.15, 0.2) is 21.5 Å². The fourth-order valence-electron chi connectivity index (χ4n) is 2.60. The molecule has 0 unspecified atom stereocenters. The highest BCUT2D eigenvalue weighted by Gasteiger charge is 2.26. The van der Waals surface area contributed by atoms with Gasteiger partial charge in [0.1, 0.15) is 5.15 Å². The molecule has 0 atom stereocenters. The molecule has 116 valence electrons. The maximum absolute atomic E-state index is 11.4. The molecule has 0 aliphatic carbocycles. The number of rotatable bonds is 2. The molecule has 3 rings (SSSR count). The first kappa shape index (κ1) is 14.8. The van der Waals surface area contributed by atoms with Crippen molar-refractivity contribution in [3.8, 4) is 11.4 Å². The van der Waals surface area contributed by atoms with Crippen molar-refractivity contribution in [1.29, 1.82) is 0 Å². The SMILES string of the molecule is CC(=O)N1CCC(c2nc(-c3cc(Cl)[nH]c(=O)c3)no2)CC1. The van der Waals surface area contributed by atoms with Crippen molar-refractivity contribution in [2.45, 2.75) is 25.7 Å². The summed E-state index contributed by atoms with van der Waals surface area (Å²) in [4.78, 5) is 31.4. The van der Waals surface area contributed by atoms with Crippen molar-refractivity contribution in [2.24, 2.45) is 0 Å². The van der Waals surface area contributed by atoms with E-state index in [1.54, 1.807) is 13.0 Å². The summed E-state index contributed by atoms with van der Waals surface area (Å²) >= 11 is 5.82. The lowest BCUT2D eigenvalue weighted by Crippen LogP contribution is -2.36. The first-order valence-electron chi connectivity index (χ1n) is 7.02. The Labute approximate surface area is 131 Å². The summed E-state index contributed by atoms with van der Waals surface area (Å²) in [7, 11) is 0. The van der Waals surface area contributed by atoms with E-state index in [4.69, 9.17) is 16.1 Å². The van der Waals surface area contributed by atoms with Crippen LogP contribution in [0, 0.1) is 0 Å². The van der Waals surface area contributed by atoms with Gasteiger partial charge in [0.05, 0.1) is 0 Å². The van der Waals surface area contributed by atoms with Crippen LogP contribution in [0.3, 0.4) is 0 Å². The zero-order valence-electron chi connectivity index (χ0n) is 12.0. The predicted octanol–water partition coefficient (Wildman–Crippen LogP) is 1.80. The number of nitrogens with zero attached hydrogens (tertiary/aromatic N) is 3. The number of hydrogen-bond donors (Lipinski definition) is 1. The van der Waals surface area contributed by atoms with E-state index in [1.165, 1.54) is 6.07 Å². The van der Waals surface area contributed by atoms with Crippen LogP contribution in [-0.4, -0.2) is 39.0 Å². The van der Waals surface area contributed by atoms with E-state index in [9.17, 15) is 9.59 Å². The molecule has 22 heavy (non-hydrogen) atoms. The molecule has 1 aliphatic rings. The number of carbonyl (C=O) groups is 1. The van der Waals surface area contributed by atoms with Crippen LogP contribution in [0.2, 0.25) is 5.15 Å². The highest BCUT2D eigenvalue weighted by atomic mass is 35.5. The third-order valence-electron chi connectivity index (χ3n) is 3.80. The van der Waals surface area contributed by atoms with Gasteiger partial charge in [-0.25, -0.2) is 0 Å². The minimum Gasteiger partial charge on any atom is -0.343 e. The Morgan fingerprint density at radius 2 is 2.14 bits per heavy atom. The first-order valence-corrected chi connectivity index (χ1v) is 7.40. The summed E-state index contributed by atoms with van der Waals surface area (Å²) in [6.07, 6.45) is 1.58. The zero-order chi connectivity index (χ0) is 15.7. The normalized spacial score (nSPS) is 16.0. The monoisotopic (exact) mass is 322 g/mol. The van der Waals surface area contributed by atoms with Gasteiger partial charge in [-0.05, 0) is 18.9 Å². The molecule has 2 aromatic heterocycles. The molecule has 1 aliphatic heterocycles. The van der Waals surface area contributed by atoms with Crippen molar-refractivity contribution in [3.63, 3.8) is 0 Å². The maximum atomic E-state index is 11.4. The molecule has 0 aromatic carbocycles. The van der Waals surface area contributed by atoms with E-state index in [-0.39, 0.29) is 22.5 Å². The van der Waals surface area contributed by atoms with Crippen LogP contribution in [0.1, 0.15) is 31.6 Å². The van der Waals surface area contributed by atoms with Gasteiger partial charge in [-0.2, -0.15) is 4.98 Å². The largest absolute Gasteiger partial charge is 0.343 e. The van der Waals surface area contributed by atoms with E-state index >= 15 is 0 Å². The molecule has 1 saturated heterocycles. The Morgan fingerprint density at radius 1 is 1.41 bits per heavy atom. The third-order valence-corrected chi connectivity index (χ3v) is 4.00. The second-order valence-electron chi connectivity index (χ2n) is 5.32. The molecular weight excluding hydrogens is 308 g/mol. The number of piperidine rings is 1. The van der Waals surface area contributed by atoms with Crippen molar-refractivity contribution >= 4 is 17.5 Å². The number of nitrogens with one attached hydrogen (secondary N) is 1. The summed E-state index contributed by atoms with van der Waals surface area (Å²) in [5, 5.41) is 4.15. The predicted molar refractivity (Wildman–Crippen MR) is 79.6 cm³/mol. The molecule has 8 heteroatoms. The lowest BCUT2D eigenvalue weighted by Gasteiger charge is -2.29. The molecular formula is C14H15ClN4O3. The van der Waals surface area contributed by atoms with Gasteiger partial charge in [0, 0.05) is 37.6 Å². The number of hydrogen-bond acceptors (Lipinski definition) is 5. The second-order valence-corrected chi connectivity index (χ2v) is 5.72. The van der Waals surface area contributed by atoms with E-state index in [0.717, 1.165) is 12.8 Å². The minimum absolute atomic E-state index is 0.0859. The van der Waals surface area contributed by atoms with Gasteiger partial charge >= 0.3 is 0 Å². The minimum atomic E-state index is -0.316. The lowest BCUT2D eigenvalue weighted by atomic mass is 9.97. The number of likely N-dealkylation sites (tertiary alicyclic amines) is 1. The average Bonchev–Trinajstić information content (AvgIpc) is 2.96. The van der Waals surface area contributed by atoms with E-state index in [1.807, 2.05) is 4.90 Å². The standard InChI is InChI=1S/C14H15ClN4O3/c1-8(20)19-4-2-9(3-5-19)14-17-13(18-22-14)10-6-11(15)16-12(21)7-10/h6-7,9H,2-5H2,1H3,(H,16,21). The number of aromatic nitrogens is 3. The van der Waals surface area contributed by atoms with Gasteiger partial charge in [-0.1, -0.05) is 16.8 Å². The van der Waals surface area contributed by atoms with Crippen LogP contribution in [-0.2, 0) is 4.79 Å². The Balaban J connectivity index is 1.77. The van der Waals surface area contributed by atoms with Crippen LogP contribution in [0.4, 0.5) is 0 Å². The molecule has 0 bridgehead atoms. The number of carbonyl (C=O) groups excluding carboxylic acids is 1. The van der Waals surface area contributed by atoms with Gasteiger partial charge < -0.3 is 14.4 Å². The van der Waals surface area contributed by atoms with E-state index in [2.05, 4.69) is 15.1 Å². The smallest absolute Gasteiger partial charge is 0.249 e. The highest BCUT2D eigenvalue weighted by Crippen LogP contribution is 2.28. The van der Waals surface area contributed by atoms with Gasteiger partial charge in [-0.3, -0.25) is 9.59 Å². The molecule has 3 heterocycles. The van der Waals surface area contributed by atoms with E-state index < -0.39 is 0 Å². The maximum Gasteiger partial charge on any atom is 0.249 e. The lowest BCUT2D eigenvalue weighted by molar-refractivity contribution is -0.129. The molecule has 0 saturated carbocycles. The Bertz CT molecular complexity index is 747. The molecule has 0 radical (unpaired) electrons. The summed E-state index contributed by atoms with van der Waals surface area (Å²) < 4.78 is 5.31. The summed E-state index contributed by atoms with van der Waals surface area (Å²) in [5.74, 6) is 1.10. The summed E-state index contributed by atoms with van der Waals surface area (Å²) in [6, 6.07) is 2.95. The summed E-state index contributed by atoms with van der Waals surface area (Å²) in [5.41, 5.74) is 0.202. The van der Waals surface area contributed by atoms with Crippen LogP contribution in [0.25, 0.3) is 11.4 Å². The quantitative estimate of drug-likeness (QED) is 0.851. The van der Waals surface area contributed by atoms with Crippen molar-refractivity contribution in [1.82, 2.24) is 20.0 Å². The van der Waals surface area contributed by atoms with Gasteiger partial charge in [0.2, 0.25) is 23.2 Å². The van der Waals surface area contributed by atoms with Gasteiger partial charge in [-0.15, -0.1) is 0 Å². The van der Waals surface area contributed by atoms with Gasteiger partial charge in [0.25, 0.3) is 0 Å². The molecule has 0 spiro atoms. The van der Waals surface area contributed by atoms with Crippen molar-refractivity contribution < 1.29 is 9.32 Å². The Kier molecular flexibility index (Phi) is 3.98. The zero-order valence-corrected chi connectivity index (χ0v) is 12.8. The first-order chi connectivity index (χ1) is 10.5. The van der Waals surface area contributed by atoms with E-state index in [0.29, 0.717) is 30.4 Å². The molecule has 2 aromatic rings. The number of halogens is 1. The second kappa shape index (κ2) is 5.92. The molecule has 1 fully saturated rings. The number of pyridine rings is 1. The van der Waals surface area contributed by atoms with Crippen molar-refractivity contribution in [3.05, 3.63) is 33.5 Å². The van der Waals surface area contributed by atoms with Crippen LogP contribution in [0.5, 0.6) is 0 Å². The molecule has 7 nitrogen and oxygen atoms in total. The fraction of sp³-hybridized carbons (Fsp3) is 0.429. The third kappa shape index (κ3) is 3.04. The summed E-state index contributed by atoms with van der Waals surface area (Å²) in [6.45, 7) is 2.95. The average molecular weight is 323 g/mol. The molecule has 1 amide bonds. The van der Waals surface area contributed by atoms with Crippen LogP contribution < -0.4 is 5.56 Å². The van der Waals surface area contributed by atoms with Crippen molar-refractivity contribution in [2.75, 3.05) is 13.1 Å². The Morgan fingerprint density at radius 3 is 2.77 bits per heavy atom. The number of H-pyrrole nitrogens is 1. The fourth-order valence-corrected chi connectivity index (χ4v) is 2.81. The number of amides is 1.